The number of methoxy groups -OCH3 is 1. The van der Waals surface area contributed by atoms with E-state index in [0.29, 0.717) is 33.1 Å². The lowest BCUT2D eigenvalue weighted by Gasteiger charge is -2.15. The molecule has 10 heteroatoms. The predicted molar refractivity (Wildman–Crippen MR) is 176 cm³/mol. The lowest BCUT2D eigenvalue weighted by molar-refractivity contribution is -0.121. The number of amides is 4. The van der Waals surface area contributed by atoms with Gasteiger partial charge in [0.1, 0.15) is 11.4 Å². The summed E-state index contributed by atoms with van der Waals surface area (Å²) in [6, 6.07) is 29.9. The standard InChI is InChI=1S/C33H26IN3O5S/c1-42-26-16-10-21(11-17-26)18-28(36-31(39)22-6-3-2-4-7-22)32(40)35-24-8-5-9-27(19-24)43-29-20-30(38)37(33(29)41)25-14-12-23(34)13-15-25/h2-19,29H,20H2,1H3,(H,35,40)(H,36,39). The Morgan fingerprint density at radius 2 is 1.65 bits per heavy atom. The van der Waals surface area contributed by atoms with E-state index in [0.717, 1.165) is 3.57 Å². The Morgan fingerprint density at radius 1 is 0.930 bits per heavy atom. The summed E-state index contributed by atoms with van der Waals surface area (Å²) in [5.74, 6) is -0.828. The van der Waals surface area contributed by atoms with E-state index in [9.17, 15) is 19.2 Å². The van der Waals surface area contributed by atoms with Crippen molar-refractivity contribution >= 4 is 75.4 Å². The third-order valence-electron chi connectivity index (χ3n) is 6.52. The maximum Gasteiger partial charge on any atom is 0.272 e. The van der Waals surface area contributed by atoms with Crippen LogP contribution in [0.4, 0.5) is 11.4 Å². The Labute approximate surface area is 266 Å². The van der Waals surface area contributed by atoms with Gasteiger partial charge < -0.3 is 15.4 Å². The summed E-state index contributed by atoms with van der Waals surface area (Å²) in [5, 5.41) is 4.98. The molecule has 4 aromatic rings. The van der Waals surface area contributed by atoms with Crippen LogP contribution in [0.5, 0.6) is 5.75 Å². The van der Waals surface area contributed by atoms with E-state index in [-0.39, 0.29) is 23.9 Å². The number of ether oxygens (including phenoxy) is 1. The maximum atomic E-state index is 13.5. The van der Waals surface area contributed by atoms with Gasteiger partial charge in [0.2, 0.25) is 11.8 Å². The molecule has 0 spiro atoms. The maximum absolute atomic E-state index is 13.5. The number of rotatable bonds is 9. The predicted octanol–water partition coefficient (Wildman–Crippen LogP) is 6.13. The average molecular weight is 704 g/mol. The van der Waals surface area contributed by atoms with Crippen LogP contribution >= 0.6 is 34.4 Å². The molecule has 1 saturated heterocycles. The number of hydrogen-bond acceptors (Lipinski definition) is 6. The number of hydrogen-bond donors (Lipinski definition) is 2. The number of thioether (sulfide) groups is 1. The summed E-state index contributed by atoms with van der Waals surface area (Å²) >= 11 is 3.44. The van der Waals surface area contributed by atoms with Gasteiger partial charge in [-0.05, 0) is 101 Å². The van der Waals surface area contributed by atoms with Crippen molar-refractivity contribution in [2.45, 2.75) is 16.6 Å². The molecule has 4 amide bonds. The van der Waals surface area contributed by atoms with Crippen molar-refractivity contribution in [2.24, 2.45) is 0 Å². The number of nitrogens with one attached hydrogen (secondary N) is 2. The molecule has 0 aromatic heterocycles. The lowest BCUT2D eigenvalue weighted by Crippen LogP contribution is -2.31. The van der Waals surface area contributed by atoms with Crippen molar-refractivity contribution in [3.63, 3.8) is 0 Å². The summed E-state index contributed by atoms with van der Waals surface area (Å²) in [7, 11) is 1.57. The molecular formula is C33H26IN3O5S. The highest BCUT2D eigenvalue weighted by molar-refractivity contribution is 14.1. The SMILES string of the molecule is COc1ccc(C=C(NC(=O)c2ccccc2)C(=O)Nc2cccc(SC3CC(=O)N(c4ccc(I)cc4)C3=O)c2)cc1. The van der Waals surface area contributed by atoms with Gasteiger partial charge in [0, 0.05) is 26.1 Å². The second kappa shape index (κ2) is 13.7. The van der Waals surface area contributed by atoms with Crippen molar-refractivity contribution in [1.82, 2.24) is 5.32 Å². The molecule has 0 aliphatic carbocycles. The van der Waals surface area contributed by atoms with Crippen molar-refractivity contribution in [3.05, 3.63) is 124 Å². The van der Waals surface area contributed by atoms with Crippen LogP contribution < -0.4 is 20.3 Å². The van der Waals surface area contributed by atoms with Crippen LogP contribution in [0.15, 0.2) is 114 Å². The number of benzene rings is 4. The van der Waals surface area contributed by atoms with Crippen LogP contribution in [0.1, 0.15) is 22.3 Å². The molecule has 8 nitrogen and oxygen atoms in total. The first-order valence-corrected chi connectivity index (χ1v) is 15.2. The molecule has 5 rings (SSSR count). The van der Waals surface area contributed by atoms with Gasteiger partial charge in [-0.3, -0.25) is 19.2 Å². The summed E-state index contributed by atoms with van der Waals surface area (Å²) in [5.41, 5.74) is 2.15. The smallest absolute Gasteiger partial charge is 0.272 e. The highest BCUT2D eigenvalue weighted by Gasteiger charge is 2.40. The minimum Gasteiger partial charge on any atom is -0.497 e. The van der Waals surface area contributed by atoms with Crippen LogP contribution in [0.25, 0.3) is 6.08 Å². The average Bonchev–Trinajstić information content (AvgIpc) is 3.30. The van der Waals surface area contributed by atoms with E-state index < -0.39 is 17.1 Å². The van der Waals surface area contributed by atoms with Gasteiger partial charge in [-0.25, -0.2) is 4.90 Å². The van der Waals surface area contributed by atoms with Gasteiger partial charge in [0.25, 0.3) is 11.8 Å². The number of carbonyl (C=O) groups is 4. The van der Waals surface area contributed by atoms with E-state index in [1.807, 2.05) is 18.2 Å². The Kier molecular flexibility index (Phi) is 9.58. The molecule has 1 unspecified atom stereocenters. The van der Waals surface area contributed by atoms with Crippen LogP contribution in [0.2, 0.25) is 0 Å². The Bertz CT molecular complexity index is 1690. The molecule has 2 N–H and O–H groups in total. The fourth-order valence-corrected chi connectivity index (χ4v) is 5.85. The number of imide groups is 1. The van der Waals surface area contributed by atoms with Gasteiger partial charge in [-0.1, -0.05) is 36.4 Å². The third-order valence-corrected chi connectivity index (χ3v) is 8.41. The largest absolute Gasteiger partial charge is 0.497 e. The second-order valence-corrected chi connectivity index (χ2v) is 12.0. The second-order valence-electron chi connectivity index (χ2n) is 9.49. The molecule has 0 bridgehead atoms. The molecule has 1 atom stereocenters. The zero-order valence-electron chi connectivity index (χ0n) is 23.0. The molecule has 0 radical (unpaired) electrons. The molecule has 1 fully saturated rings. The molecule has 43 heavy (non-hydrogen) atoms. The number of halogens is 1. The molecule has 1 heterocycles. The van der Waals surface area contributed by atoms with Gasteiger partial charge in [-0.2, -0.15) is 0 Å². The van der Waals surface area contributed by atoms with E-state index in [1.165, 1.54) is 16.7 Å². The fraction of sp³-hybridized carbons (Fsp3) is 0.0909. The van der Waals surface area contributed by atoms with E-state index in [1.54, 1.807) is 98.1 Å². The van der Waals surface area contributed by atoms with Gasteiger partial charge in [0.15, 0.2) is 0 Å². The molecular weight excluding hydrogens is 677 g/mol. The summed E-state index contributed by atoms with van der Waals surface area (Å²) in [6.07, 6.45) is 1.66. The van der Waals surface area contributed by atoms with Crippen LogP contribution in [-0.4, -0.2) is 36.0 Å². The fourth-order valence-electron chi connectivity index (χ4n) is 4.38. The van der Waals surface area contributed by atoms with Crippen LogP contribution in [-0.2, 0) is 14.4 Å². The van der Waals surface area contributed by atoms with Gasteiger partial charge in [0.05, 0.1) is 18.0 Å². The van der Waals surface area contributed by atoms with Crippen molar-refractivity contribution < 1.29 is 23.9 Å². The molecule has 1 aliphatic heterocycles. The Hall–Kier alpha value is -4.42. The lowest BCUT2D eigenvalue weighted by atomic mass is 10.1. The highest BCUT2D eigenvalue weighted by Crippen LogP contribution is 2.35. The number of nitrogens with zero attached hydrogens (tertiary/aromatic N) is 1. The van der Waals surface area contributed by atoms with E-state index >= 15 is 0 Å². The summed E-state index contributed by atoms with van der Waals surface area (Å²) in [4.78, 5) is 54.2. The quantitative estimate of drug-likeness (QED) is 0.124. The summed E-state index contributed by atoms with van der Waals surface area (Å²) in [6.45, 7) is 0. The minimum atomic E-state index is -0.589. The first-order valence-electron chi connectivity index (χ1n) is 13.2. The Balaban J connectivity index is 1.32. The normalized spacial score (nSPS) is 14.9. The van der Waals surface area contributed by atoms with Gasteiger partial charge in [-0.15, -0.1) is 11.8 Å². The monoisotopic (exact) mass is 703 g/mol. The van der Waals surface area contributed by atoms with Crippen molar-refractivity contribution in [1.29, 1.82) is 0 Å². The first-order chi connectivity index (χ1) is 20.8. The van der Waals surface area contributed by atoms with Crippen molar-refractivity contribution in [2.75, 3.05) is 17.3 Å². The summed E-state index contributed by atoms with van der Waals surface area (Å²) < 4.78 is 6.22. The van der Waals surface area contributed by atoms with Gasteiger partial charge >= 0.3 is 0 Å². The van der Waals surface area contributed by atoms with E-state index in [4.69, 9.17) is 4.74 Å². The molecule has 1 aliphatic rings. The zero-order chi connectivity index (χ0) is 30.3. The van der Waals surface area contributed by atoms with Crippen molar-refractivity contribution in [3.8, 4) is 5.75 Å². The molecule has 4 aromatic carbocycles. The Morgan fingerprint density at radius 3 is 2.35 bits per heavy atom. The number of anilines is 2. The van der Waals surface area contributed by atoms with Crippen LogP contribution in [0, 0.1) is 3.57 Å². The van der Waals surface area contributed by atoms with E-state index in [2.05, 4.69) is 33.2 Å². The topological polar surface area (TPSA) is 105 Å². The highest BCUT2D eigenvalue weighted by atomic mass is 127. The minimum absolute atomic E-state index is 0.0433. The first kappa shape index (κ1) is 30.1. The zero-order valence-corrected chi connectivity index (χ0v) is 25.9. The third kappa shape index (κ3) is 7.51. The molecule has 216 valence electrons. The number of carbonyl (C=O) groups excluding carboxylic acids is 4. The van der Waals surface area contributed by atoms with Crippen LogP contribution in [0.3, 0.4) is 0 Å². The molecule has 0 saturated carbocycles.